The zero-order valence-corrected chi connectivity index (χ0v) is 14.9. The van der Waals surface area contributed by atoms with Crippen LogP contribution in [0.15, 0.2) is 18.2 Å². The van der Waals surface area contributed by atoms with Crippen LogP contribution in [0.5, 0.6) is 0 Å². The van der Waals surface area contributed by atoms with E-state index in [4.69, 9.17) is 0 Å². The smallest absolute Gasteiger partial charge is 0.352 e. The van der Waals surface area contributed by atoms with E-state index in [1.807, 2.05) is 0 Å². The number of imidazole rings is 1. The number of halogens is 3. The molecule has 0 aliphatic carbocycles. The van der Waals surface area contributed by atoms with Gasteiger partial charge in [0.15, 0.2) is 0 Å². The number of alkyl halides is 3. The van der Waals surface area contributed by atoms with Crippen LogP contribution in [0.4, 0.5) is 13.2 Å². The number of nitrogens with zero attached hydrogens (tertiary/aromatic N) is 2. The molecule has 1 fully saturated rings. The molecule has 0 spiro atoms. The van der Waals surface area contributed by atoms with Crippen molar-refractivity contribution in [2.75, 3.05) is 19.6 Å². The topological polar surface area (TPSA) is 59.0 Å². The third-order valence-corrected chi connectivity index (χ3v) is 4.67. The Labute approximate surface area is 150 Å². The number of benzene rings is 1. The normalized spacial score (nSPS) is 18.5. The number of carbonyl (C=O) groups is 1. The first-order valence-corrected chi connectivity index (χ1v) is 8.85. The molecule has 0 radical (unpaired) electrons. The van der Waals surface area contributed by atoms with Crippen molar-refractivity contribution in [1.82, 2.24) is 20.2 Å². The Morgan fingerprint density at radius 1 is 1.42 bits per heavy atom. The summed E-state index contributed by atoms with van der Waals surface area (Å²) in [6.45, 7) is 5.77. The van der Waals surface area contributed by atoms with Gasteiger partial charge in [-0.25, -0.2) is 4.98 Å². The van der Waals surface area contributed by atoms with E-state index in [2.05, 4.69) is 15.6 Å². The Bertz CT molecular complexity index is 792. The number of hydrogen-bond donors (Lipinski definition) is 2. The largest absolute Gasteiger partial charge is 0.449 e. The molecule has 1 aromatic heterocycles. The molecule has 5 nitrogen and oxygen atoms in total. The maximum absolute atomic E-state index is 13.3. The summed E-state index contributed by atoms with van der Waals surface area (Å²) in [5.41, 5.74) is 0.877. The molecule has 1 unspecified atom stereocenters. The third kappa shape index (κ3) is 3.85. The van der Waals surface area contributed by atoms with Gasteiger partial charge in [0.25, 0.3) is 5.91 Å². The molecule has 0 bridgehead atoms. The number of rotatable bonds is 4. The van der Waals surface area contributed by atoms with Gasteiger partial charge in [0.05, 0.1) is 11.0 Å². The van der Waals surface area contributed by atoms with Gasteiger partial charge in [0.2, 0.25) is 5.82 Å². The lowest BCUT2D eigenvalue weighted by Gasteiger charge is -2.22. The van der Waals surface area contributed by atoms with Crippen molar-refractivity contribution in [3.05, 3.63) is 29.6 Å². The minimum Gasteiger partial charge on any atom is -0.352 e. The second-order valence-electron chi connectivity index (χ2n) is 7.02. The molecule has 0 saturated carbocycles. The number of aromatic nitrogens is 2. The zero-order valence-electron chi connectivity index (χ0n) is 14.9. The molecular weight excluding hydrogens is 345 g/mol. The highest BCUT2D eigenvalue weighted by Crippen LogP contribution is 2.33. The van der Waals surface area contributed by atoms with Crippen LogP contribution in [0.25, 0.3) is 11.0 Å². The molecule has 2 heterocycles. The van der Waals surface area contributed by atoms with Crippen molar-refractivity contribution >= 4 is 16.9 Å². The van der Waals surface area contributed by atoms with Crippen molar-refractivity contribution in [2.45, 2.75) is 38.9 Å². The SMILES string of the molecule is CC(C)n1c(C(F)(F)F)nc2cc(C(=O)NCC3CCCNC3)ccc21. The second kappa shape index (κ2) is 7.26. The predicted octanol–water partition coefficient (Wildman–Crippen LogP) is 3.37. The third-order valence-electron chi connectivity index (χ3n) is 4.67. The van der Waals surface area contributed by atoms with Crippen molar-refractivity contribution < 1.29 is 18.0 Å². The van der Waals surface area contributed by atoms with Gasteiger partial charge >= 0.3 is 6.18 Å². The van der Waals surface area contributed by atoms with Crippen molar-refractivity contribution in [3.8, 4) is 0 Å². The fourth-order valence-electron chi connectivity index (χ4n) is 3.40. The molecular formula is C18H23F3N4O. The van der Waals surface area contributed by atoms with Crippen LogP contribution in [-0.4, -0.2) is 35.1 Å². The van der Waals surface area contributed by atoms with E-state index in [-0.39, 0.29) is 11.4 Å². The van der Waals surface area contributed by atoms with Crippen LogP contribution in [0, 0.1) is 5.92 Å². The number of piperidine rings is 1. The van der Waals surface area contributed by atoms with Gasteiger partial charge in [-0.05, 0) is 63.9 Å². The van der Waals surface area contributed by atoms with Crippen LogP contribution < -0.4 is 10.6 Å². The number of fused-ring (bicyclic) bond motifs is 1. The Morgan fingerprint density at radius 2 is 2.19 bits per heavy atom. The van der Waals surface area contributed by atoms with E-state index >= 15 is 0 Å². The average Bonchev–Trinajstić information content (AvgIpc) is 3.00. The van der Waals surface area contributed by atoms with Gasteiger partial charge in [-0.3, -0.25) is 4.79 Å². The predicted molar refractivity (Wildman–Crippen MR) is 93.0 cm³/mol. The minimum atomic E-state index is -4.54. The molecule has 1 aliphatic heterocycles. The van der Waals surface area contributed by atoms with Gasteiger partial charge in [-0.1, -0.05) is 0 Å². The highest BCUT2D eigenvalue weighted by Gasteiger charge is 2.38. The summed E-state index contributed by atoms with van der Waals surface area (Å²) in [5, 5.41) is 6.16. The zero-order chi connectivity index (χ0) is 18.9. The van der Waals surface area contributed by atoms with E-state index in [1.165, 1.54) is 12.1 Å². The van der Waals surface area contributed by atoms with E-state index in [0.717, 1.165) is 30.5 Å². The Morgan fingerprint density at radius 3 is 2.81 bits per heavy atom. The van der Waals surface area contributed by atoms with Crippen LogP contribution in [-0.2, 0) is 6.18 Å². The Balaban J connectivity index is 1.83. The van der Waals surface area contributed by atoms with E-state index in [0.29, 0.717) is 23.5 Å². The summed E-state index contributed by atoms with van der Waals surface area (Å²) in [6, 6.07) is 4.12. The molecule has 2 N–H and O–H groups in total. The molecule has 26 heavy (non-hydrogen) atoms. The number of nitrogens with one attached hydrogen (secondary N) is 2. The maximum Gasteiger partial charge on any atom is 0.449 e. The summed E-state index contributed by atoms with van der Waals surface area (Å²) in [5.74, 6) is -0.841. The van der Waals surface area contributed by atoms with Crippen LogP contribution in [0.2, 0.25) is 0 Å². The van der Waals surface area contributed by atoms with Crippen molar-refractivity contribution in [3.63, 3.8) is 0 Å². The Kier molecular flexibility index (Phi) is 5.22. The van der Waals surface area contributed by atoms with Crippen LogP contribution >= 0.6 is 0 Å². The molecule has 1 saturated heterocycles. The fourth-order valence-corrected chi connectivity index (χ4v) is 3.40. The maximum atomic E-state index is 13.3. The van der Waals surface area contributed by atoms with Crippen molar-refractivity contribution in [2.24, 2.45) is 5.92 Å². The van der Waals surface area contributed by atoms with Crippen molar-refractivity contribution in [1.29, 1.82) is 0 Å². The van der Waals surface area contributed by atoms with Gasteiger partial charge in [0, 0.05) is 18.2 Å². The van der Waals surface area contributed by atoms with Gasteiger partial charge in [-0.2, -0.15) is 13.2 Å². The summed E-state index contributed by atoms with van der Waals surface area (Å²) < 4.78 is 40.9. The number of carbonyl (C=O) groups excluding carboxylic acids is 1. The standard InChI is InChI=1S/C18H23F3N4O/c1-11(2)25-15-6-5-13(8-14(15)24-17(25)18(19,20)21)16(26)23-10-12-4-3-7-22-9-12/h5-6,8,11-12,22H,3-4,7,9-10H2,1-2H3,(H,23,26). The quantitative estimate of drug-likeness (QED) is 0.870. The lowest BCUT2D eigenvalue weighted by molar-refractivity contribution is -0.147. The second-order valence-corrected chi connectivity index (χ2v) is 7.02. The monoisotopic (exact) mass is 368 g/mol. The summed E-state index contributed by atoms with van der Waals surface area (Å²) in [4.78, 5) is 16.1. The first-order valence-electron chi connectivity index (χ1n) is 8.85. The molecule has 3 rings (SSSR count). The van der Waals surface area contributed by atoms with Crippen LogP contribution in [0.3, 0.4) is 0 Å². The van der Waals surface area contributed by atoms with E-state index in [1.54, 1.807) is 19.9 Å². The molecule has 142 valence electrons. The summed E-state index contributed by atoms with van der Waals surface area (Å²) in [7, 11) is 0. The van der Waals surface area contributed by atoms with Crippen LogP contribution in [0.1, 0.15) is 48.9 Å². The molecule has 1 aliphatic rings. The molecule has 1 aromatic carbocycles. The lowest BCUT2D eigenvalue weighted by atomic mass is 9.99. The molecule has 1 amide bonds. The van der Waals surface area contributed by atoms with E-state index in [9.17, 15) is 18.0 Å². The average molecular weight is 368 g/mol. The number of hydrogen-bond acceptors (Lipinski definition) is 3. The van der Waals surface area contributed by atoms with Gasteiger partial charge in [0.1, 0.15) is 0 Å². The minimum absolute atomic E-state index is 0.179. The van der Waals surface area contributed by atoms with E-state index < -0.39 is 18.0 Å². The molecule has 1 atom stereocenters. The fraction of sp³-hybridized carbons (Fsp3) is 0.556. The van der Waals surface area contributed by atoms with Gasteiger partial charge in [-0.15, -0.1) is 0 Å². The van der Waals surface area contributed by atoms with Gasteiger partial charge < -0.3 is 15.2 Å². The lowest BCUT2D eigenvalue weighted by Crippen LogP contribution is -2.38. The first kappa shape index (κ1) is 18.7. The highest BCUT2D eigenvalue weighted by atomic mass is 19.4. The summed E-state index contributed by atoms with van der Waals surface area (Å²) >= 11 is 0. The summed E-state index contributed by atoms with van der Waals surface area (Å²) in [6.07, 6.45) is -2.40. The molecule has 8 heteroatoms. The number of amides is 1. The first-order chi connectivity index (χ1) is 12.3. The Hall–Kier alpha value is -2.09. The molecule has 2 aromatic rings. The highest BCUT2D eigenvalue weighted by molar-refractivity contribution is 5.97.